The van der Waals surface area contributed by atoms with Gasteiger partial charge in [-0.2, -0.15) is 0 Å². The molecule has 15 heavy (non-hydrogen) atoms. The number of carbonyl (C=O) groups is 1. The quantitative estimate of drug-likeness (QED) is 0.681. The molecule has 1 saturated carbocycles. The van der Waals surface area contributed by atoms with E-state index in [1.165, 1.54) is 23.1 Å². The SMILES string of the molecule is Cc1cc(C)cc([C@@H]2CCCCC2=O)c1. The number of hydrogen-bond donors (Lipinski definition) is 0. The summed E-state index contributed by atoms with van der Waals surface area (Å²) in [6.45, 7) is 4.20. The van der Waals surface area contributed by atoms with Crippen LogP contribution in [0.5, 0.6) is 0 Å². The molecule has 0 saturated heterocycles. The maximum Gasteiger partial charge on any atom is 0.140 e. The molecule has 1 aliphatic rings. The van der Waals surface area contributed by atoms with Gasteiger partial charge in [-0.15, -0.1) is 0 Å². The Morgan fingerprint density at radius 2 is 1.73 bits per heavy atom. The molecule has 1 atom stereocenters. The molecule has 1 fully saturated rings. The Bertz CT molecular complexity index is 359. The van der Waals surface area contributed by atoms with Crippen LogP contribution in [0, 0.1) is 13.8 Å². The summed E-state index contributed by atoms with van der Waals surface area (Å²) in [7, 11) is 0. The summed E-state index contributed by atoms with van der Waals surface area (Å²) in [6, 6.07) is 6.50. The first-order chi connectivity index (χ1) is 7.16. The van der Waals surface area contributed by atoms with Crippen LogP contribution in [-0.4, -0.2) is 5.78 Å². The first-order valence-electron chi connectivity index (χ1n) is 5.78. The van der Waals surface area contributed by atoms with Crippen LogP contribution in [0.25, 0.3) is 0 Å². The lowest BCUT2D eigenvalue weighted by Crippen LogP contribution is -2.17. The lowest BCUT2D eigenvalue weighted by atomic mass is 9.82. The van der Waals surface area contributed by atoms with Crippen molar-refractivity contribution in [2.75, 3.05) is 0 Å². The Balaban J connectivity index is 2.31. The van der Waals surface area contributed by atoms with Gasteiger partial charge in [-0.1, -0.05) is 35.7 Å². The second kappa shape index (κ2) is 4.18. The first-order valence-corrected chi connectivity index (χ1v) is 5.78. The average molecular weight is 202 g/mol. The largest absolute Gasteiger partial charge is 0.299 e. The molecule has 0 radical (unpaired) electrons. The van der Waals surface area contributed by atoms with Crippen molar-refractivity contribution in [3.63, 3.8) is 0 Å². The van der Waals surface area contributed by atoms with Crippen LogP contribution in [0.1, 0.15) is 48.3 Å². The van der Waals surface area contributed by atoms with E-state index in [0.717, 1.165) is 19.3 Å². The number of ketones is 1. The number of rotatable bonds is 1. The van der Waals surface area contributed by atoms with E-state index < -0.39 is 0 Å². The van der Waals surface area contributed by atoms with Crippen molar-refractivity contribution in [2.24, 2.45) is 0 Å². The van der Waals surface area contributed by atoms with Crippen molar-refractivity contribution < 1.29 is 4.79 Å². The molecule has 2 rings (SSSR count). The molecule has 0 amide bonds. The highest BCUT2D eigenvalue weighted by molar-refractivity contribution is 5.86. The summed E-state index contributed by atoms with van der Waals surface area (Å²) in [4.78, 5) is 11.8. The highest BCUT2D eigenvalue weighted by Crippen LogP contribution is 2.30. The number of Topliss-reactive ketones (excluding diaryl/α,β-unsaturated/α-hetero) is 1. The van der Waals surface area contributed by atoms with Crippen LogP contribution >= 0.6 is 0 Å². The van der Waals surface area contributed by atoms with Gasteiger partial charge in [0.15, 0.2) is 0 Å². The molecule has 0 spiro atoms. The normalized spacial score (nSPS) is 21.7. The van der Waals surface area contributed by atoms with Gasteiger partial charge in [0, 0.05) is 12.3 Å². The molecule has 1 aliphatic carbocycles. The fourth-order valence-corrected chi connectivity index (χ4v) is 2.55. The van der Waals surface area contributed by atoms with E-state index >= 15 is 0 Å². The zero-order chi connectivity index (χ0) is 10.8. The lowest BCUT2D eigenvalue weighted by Gasteiger charge is -2.21. The Morgan fingerprint density at radius 1 is 1.07 bits per heavy atom. The molecule has 80 valence electrons. The Morgan fingerprint density at radius 3 is 2.33 bits per heavy atom. The fraction of sp³-hybridized carbons (Fsp3) is 0.500. The number of aryl methyl sites for hydroxylation is 2. The zero-order valence-electron chi connectivity index (χ0n) is 9.55. The van der Waals surface area contributed by atoms with Gasteiger partial charge in [-0.3, -0.25) is 4.79 Å². The van der Waals surface area contributed by atoms with Crippen molar-refractivity contribution in [2.45, 2.75) is 45.4 Å². The van der Waals surface area contributed by atoms with Gasteiger partial charge >= 0.3 is 0 Å². The molecular formula is C14H18O. The summed E-state index contributed by atoms with van der Waals surface area (Å²) >= 11 is 0. The Labute approximate surface area is 91.5 Å². The van der Waals surface area contributed by atoms with Gasteiger partial charge in [0.2, 0.25) is 0 Å². The van der Waals surface area contributed by atoms with Crippen LogP contribution in [0.2, 0.25) is 0 Å². The molecule has 1 heteroatoms. The third-order valence-corrected chi connectivity index (χ3v) is 3.20. The maximum absolute atomic E-state index is 11.8. The summed E-state index contributed by atoms with van der Waals surface area (Å²) in [5, 5.41) is 0. The Hall–Kier alpha value is -1.11. The highest BCUT2D eigenvalue weighted by Gasteiger charge is 2.23. The van der Waals surface area contributed by atoms with Crippen LogP contribution in [0.3, 0.4) is 0 Å². The van der Waals surface area contributed by atoms with Crippen LogP contribution in [0.15, 0.2) is 18.2 Å². The van der Waals surface area contributed by atoms with Crippen molar-refractivity contribution >= 4 is 5.78 Å². The minimum absolute atomic E-state index is 0.178. The number of carbonyl (C=O) groups excluding carboxylic acids is 1. The molecule has 0 aliphatic heterocycles. The van der Waals surface area contributed by atoms with E-state index in [9.17, 15) is 4.79 Å². The van der Waals surface area contributed by atoms with E-state index in [0.29, 0.717) is 5.78 Å². The van der Waals surface area contributed by atoms with Crippen LogP contribution < -0.4 is 0 Å². The third-order valence-electron chi connectivity index (χ3n) is 3.20. The Kier molecular flexibility index (Phi) is 2.90. The molecular weight excluding hydrogens is 184 g/mol. The zero-order valence-corrected chi connectivity index (χ0v) is 9.55. The molecule has 0 N–H and O–H groups in total. The average Bonchev–Trinajstić information content (AvgIpc) is 2.16. The third kappa shape index (κ3) is 2.28. The molecule has 0 aromatic heterocycles. The van der Waals surface area contributed by atoms with Crippen LogP contribution in [0.4, 0.5) is 0 Å². The molecule has 0 bridgehead atoms. The maximum atomic E-state index is 11.8. The molecule has 1 aromatic rings. The van der Waals surface area contributed by atoms with Crippen molar-refractivity contribution in [1.29, 1.82) is 0 Å². The van der Waals surface area contributed by atoms with Gasteiger partial charge in [0.25, 0.3) is 0 Å². The predicted octanol–water partition coefficient (Wildman–Crippen LogP) is 3.53. The van der Waals surface area contributed by atoms with E-state index in [4.69, 9.17) is 0 Å². The minimum Gasteiger partial charge on any atom is -0.299 e. The number of hydrogen-bond acceptors (Lipinski definition) is 1. The van der Waals surface area contributed by atoms with Crippen molar-refractivity contribution in [3.05, 3.63) is 34.9 Å². The van der Waals surface area contributed by atoms with E-state index in [-0.39, 0.29) is 5.92 Å². The van der Waals surface area contributed by atoms with Gasteiger partial charge in [0.1, 0.15) is 5.78 Å². The lowest BCUT2D eigenvalue weighted by molar-refractivity contribution is -0.121. The van der Waals surface area contributed by atoms with Gasteiger partial charge in [0.05, 0.1) is 0 Å². The minimum atomic E-state index is 0.178. The molecule has 0 unspecified atom stereocenters. The van der Waals surface area contributed by atoms with Crippen molar-refractivity contribution in [1.82, 2.24) is 0 Å². The smallest absolute Gasteiger partial charge is 0.140 e. The van der Waals surface area contributed by atoms with E-state index in [1.807, 2.05) is 0 Å². The first kappa shape index (κ1) is 10.4. The van der Waals surface area contributed by atoms with Gasteiger partial charge in [-0.05, 0) is 32.3 Å². The molecule has 1 nitrogen and oxygen atoms in total. The summed E-state index contributed by atoms with van der Waals surface area (Å²) in [5.74, 6) is 0.614. The second-order valence-corrected chi connectivity index (χ2v) is 4.69. The highest BCUT2D eigenvalue weighted by atomic mass is 16.1. The second-order valence-electron chi connectivity index (χ2n) is 4.69. The number of benzene rings is 1. The van der Waals surface area contributed by atoms with Crippen LogP contribution in [-0.2, 0) is 4.79 Å². The monoisotopic (exact) mass is 202 g/mol. The summed E-state index contributed by atoms with van der Waals surface area (Å²) < 4.78 is 0. The van der Waals surface area contributed by atoms with Crippen molar-refractivity contribution in [3.8, 4) is 0 Å². The summed E-state index contributed by atoms with van der Waals surface area (Å²) in [6.07, 6.45) is 4.10. The predicted molar refractivity (Wildman–Crippen MR) is 62.1 cm³/mol. The molecule has 1 aromatic carbocycles. The van der Waals surface area contributed by atoms with E-state index in [1.54, 1.807) is 0 Å². The van der Waals surface area contributed by atoms with E-state index in [2.05, 4.69) is 32.0 Å². The van der Waals surface area contributed by atoms with Gasteiger partial charge < -0.3 is 0 Å². The van der Waals surface area contributed by atoms with Gasteiger partial charge in [-0.25, -0.2) is 0 Å². The molecule has 0 heterocycles. The summed E-state index contributed by atoms with van der Waals surface area (Å²) in [5.41, 5.74) is 3.77. The fourth-order valence-electron chi connectivity index (χ4n) is 2.55. The standard InChI is InChI=1S/C14H18O/c1-10-7-11(2)9-12(8-10)13-5-3-4-6-14(13)15/h7-9,13H,3-6H2,1-2H3/t13-/m0/s1. The topological polar surface area (TPSA) is 17.1 Å².